The van der Waals surface area contributed by atoms with Crippen LogP contribution in [-0.2, 0) is 6.42 Å². The Morgan fingerprint density at radius 2 is 2.39 bits per heavy atom. The van der Waals surface area contributed by atoms with E-state index in [0.29, 0.717) is 7.96 Å². The van der Waals surface area contributed by atoms with Gasteiger partial charge in [0.15, 0.2) is 5.78 Å². The highest BCUT2D eigenvalue weighted by atomic mass is 32.6. The minimum absolute atomic E-state index is 0.191. The van der Waals surface area contributed by atoms with Crippen molar-refractivity contribution < 1.29 is 4.79 Å². The lowest BCUT2D eigenvalue weighted by Gasteiger charge is -2.21. The number of Topliss-reactive ketones (excluding diaryl/α,β-unsaturated/α-hetero) is 1. The molecular formula is C10H19N3OP4. The van der Waals surface area contributed by atoms with Crippen LogP contribution >= 0.6 is 33.3 Å². The van der Waals surface area contributed by atoms with Gasteiger partial charge in [0, 0.05) is 5.92 Å². The number of carbonyl (C=O) groups is 1. The van der Waals surface area contributed by atoms with Crippen LogP contribution in [0.3, 0.4) is 0 Å². The maximum Gasteiger partial charge on any atom is 0.186 e. The summed E-state index contributed by atoms with van der Waals surface area (Å²) in [6.07, 6.45) is 5.15. The average molecular weight is 321 g/mol. The fraction of sp³-hybridized carbons (Fsp3) is 0.700. The van der Waals surface area contributed by atoms with Gasteiger partial charge in [-0.05, 0) is 27.2 Å². The summed E-state index contributed by atoms with van der Waals surface area (Å²) in [5.74, 6) is 0.462. The summed E-state index contributed by atoms with van der Waals surface area (Å²) in [6, 6.07) is 0. The summed E-state index contributed by atoms with van der Waals surface area (Å²) in [4.78, 5) is 12.5. The highest BCUT2D eigenvalue weighted by Crippen LogP contribution is 2.66. The molecule has 100 valence electrons. The maximum absolute atomic E-state index is 12.5. The van der Waals surface area contributed by atoms with Crippen molar-refractivity contribution >= 4 is 39.0 Å². The van der Waals surface area contributed by atoms with Crippen LogP contribution < -0.4 is 0 Å². The van der Waals surface area contributed by atoms with E-state index in [1.165, 1.54) is 0 Å². The number of unbranched alkanes of at least 4 members (excludes halogenated alkanes) is 1. The molecule has 1 aliphatic carbocycles. The molecule has 0 aliphatic heterocycles. The molecule has 5 unspecified atom stereocenters. The van der Waals surface area contributed by atoms with Crippen molar-refractivity contribution in [1.29, 1.82) is 0 Å². The highest BCUT2D eigenvalue weighted by Gasteiger charge is 2.32. The van der Waals surface area contributed by atoms with Gasteiger partial charge < -0.3 is 0 Å². The monoisotopic (exact) mass is 321 g/mol. The second kappa shape index (κ2) is 6.81. The standard InChI is InChI=1S/C10H19N3OP4/c1-2-3-4-7-5-6-8-9(10(7)14)13(12-11-8)18(16)17-15/h7,17H,2-6,15-16H2,1H3. The van der Waals surface area contributed by atoms with Crippen LogP contribution in [0.25, 0.3) is 0 Å². The molecule has 5 atom stereocenters. The number of hydrogen-bond acceptors (Lipinski definition) is 3. The largest absolute Gasteiger partial charge is 0.292 e. The summed E-state index contributed by atoms with van der Waals surface area (Å²) in [5, 5.41) is 8.36. The number of nitrogens with zero attached hydrogens (tertiary/aromatic N) is 3. The zero-order valence-electron chi connectivity index (χ0n) is 10.5. The molecule has 0 amide bonds. The van der Waals surface area contributed by atoms with Gasteiger partial charge in [0.1, 0.15) is 5.69 Å². The molecule has 1 aromatic rings. The number of aromatic nitrogens is 3. The van der Waals surface area contributed by atoms with Gasteiger partial charge in [-0.3, -0.25) is 4.79 Å². The normalized spacial score (nSPS) is 21.5. The van der Waals surface area contributed by atoms with Crippen molar-refractivity contribution in [2.75, 3.05) is 0 Å². The molecule has 0 N–H and O–H groups in total. The number of fused-ring (bicyclic) bond motifs is 1. The molecule has 0 bridgehead atoms. The third-order valence-electron chi connectivity index (χ3n) is 3.30. The zero-order chi connectivity index (χ0) is 13.1. The predicted molar refractivity (Wildman–Crippen MR) is 85.7 cm³/mol. The van der Waals surface area contributed by atoms with E-state index in [4.69, 9.17) is 0 Å². The molecule has 0 radical (unpaired) electrons. The summed E-state index contributed by atoms with van der Waals surface area (Å²) < 4.78 is 1.86. The Bertz CT molecular complexity index is 437. The van der Waals surface area contributed by atoms with Gasteiger partial charge in [-0.25, -0.2) is 4.45 Å². The Labute approximate surface area is 115 Å². The van der Waals surface area contributed by atoms with E-state index in [1.54, 1.807) is 0 Å². The molecule has 0 aromatic carbocycles. The van der Waals surface area contributed by atoms with Gasteiger partial charge in [0.25, 0.3) is 0 Å². The van der Waals surface area contributed by atoms with Crippen molar-refractivity contribution in [2.45, 2.75) is 39.0 Å². The zero-order valence-corrected chi connectivity index (χ0v) is 14.7. The van der Waals surface area contributed by atoms with Gasteiger partial charge in [-0.1, -0.05) is 33.9 Å². The number of hydrogen-bond donors (Lipinski definition) is 0. The molecule has 18 heavy (non-hydrogen) atoms. The molecule has 1 aliphatic rings. The second-order valence-corrected chi connectivity index (χ2v) is 13.3. The lowest BCUT2D eigenvalue weighted by atomic mass is 9.85. The maximum atomic E-state index is 12.5. The fourth-order valence-corrected chi connectivity index (χ4v) is 5.16. The Kier molecular flexibility index (Phi) is 5.64. The summed E-state index contributed by atoms with van der Waals surface area (Å²) in [5.41, 5.74) is 1.70. The lowest BCUT2D eigenvalue weighted by Crippen LogP contribution is -2.24. The van der Waals surface area contributed by atoms with Crippen molar-refractivity contribution in [3.8, 4) is 0 Å². The topological polar surface area (TPSA) is 47.8 Å². The minimum atomic E-state index is -0.480. The van der Waals surface area contributed by atoms with E-state index in [0.717, 1.165) is 43.5 Å². The molecule has 0 spiro atoms. The smallest absolute Gasteiger partial charge is 0.186 e. The molecule has 0 fully saturated rings. The third-order valence-corrected chi connectivity index (χ3v) is 12.7. The SMILES string of the molecule is CCCCC1CCc2nnn(P(P)PP)c2C1=O. The number of carbonyl (C=O) groups excluding carboxylic acids is 1. The lowest BCUT2D eigenvalue weighted by molar-refractivity contribution is 0.0886. The van der Waals surface area contributed by atoms with Crippen LogP contribution in [0.15, 0.2) is 0 Å². The van der Waals surface area contributed by atoms with Gasteiger partial charge in [-0.2, -0.15) is 0 Å². The van der Waals surface area contributed by atoms with E-state index in [9.17, 15) is 4.79 Å². The first kappa shape index (κ1) is 14.9. The van der Waals surface area contributed by atoms with E-state index in [2.05, 4.69) is 35.1 Å². The van der Waals surface area contributed by atoms with E-state index >= 15 is 0 Å². The Balaban J connectivity index is 2.24. The molecule has 0 saturated heterocycles. The molecule has 1 heterocycles. The van der Waals surface area contributed by atoms with Crippen LogP contribution in [0.4, 0.5) is 0 Å². The molecule has 8 heteroatoms. The summed E-state index contributed by atoms with van der Waals surface area (Å²) in [6.45, 7) is 2.17. The van der Waals surface area contributed by atoms with Gasteiger partial charge in [0.2, 0.25) is 0 Å². The minimum Gasteiger partial charge on any atom is -0.292 e. The van der Waals surface area contributed by atoms with Crippen LogP contribution in [0.2, 0.25) is 0 Å². The van der Waals surface area contributed by atoms with Crippen molar-refractivity contribution in [3.05, 3.63) is 11.4 Å². The average Bonchev–Trinajstić information content (AvgIpc) is 2.82. The summed E-state index contributed by atoms with van der Waals surface area (Å²) in [7, 11) is 5.74. The molecule has 0 saturated carbocycles. The predicted octanol–water partition coefficient (Wildman–Crippen LogP) is 3.63. The number of rotatable bonds is 5. The van der Waals surface area contributed by atoms with Crippen LogP contribution in [0.1, 0.15) is 48.8 Å². The first-order valence-electron chi connectivity index (χ1n) is 6.19. The van der Waals surface area contributed by atoms with Crippen LogP contribution in [0.5, 0.6) is 0 Å². The quantitative estimate of drug-likeness (QED) is 0.778. The first-order valence-corrected chi connectivity index (χ1v) is 12.8. The molecular weight excluding hydrogens is 302 g/mol. The third kappa shape index (κ3) is 2.99. The fourth-order valence-electron chi connectivity index (χ4n) is 2.28. The first-order chi connectivity index (χ1) is 8.69. The van der Waals surface area contributed by atoms with Crippen LogP contribution in [0, 0.1) is 5.92 Å². The van der Waals surface area contributed by atoms with Gasteiger partial charge in [-0.15, -0.1) is 14.0 Å². The van der Waals surface area contributed by atoms with Crippen molar-refractivity contribution in [2.24, 2.45) is 5.92 Å². The van der Waals surface area contributed by atoms with Crippen LogP contribution in [-0.4, -0.2) is 20.5 Å². The number of aryl methyl sites for hydroxylation is 1. The molecule has 1 aromatic heterocycles. The van der Waals surface area contributed by atoms with Gasteiger partial charge in [0.05, 0.1) is 13.1 Å². The van der Waals surface area contributed by atoms with E-state index < -0.39 is 7.45 Å². The van der Waals surface area contributed by atoms with E-state index in [-0.39, 0.29) is 11.7 Å². The van der Waals surface area contributed by atoms with Gasteiger partial charge >= 0.3 is 0 Å². The summed E-state index contributed by atoms with van der Waals surface area (Å²) >= 11 is 0. The van der Waals surface area contributed by atoms with Crippen molar-refractivity contribution in [1.82, 2.24) is 14.8 Å². The van der Waals surface area contributed by atoms with Crippen molar-refractivity contribution in [3.63, 3.8) is 0 Å². The Morgan fingerprint density at radius 3 is 3.06 bits per heavy atom. The number of ketones is 1. The Hall–Kier alpha value is 0.530. The molecule has 4 nitrogen and oxygen atoms in total. The highest BCUT2D eigenvalue weighted by molar-refractivity contribution is 8.60. The van der Waals surface area contributed by atoms with E-state index in [1.807, 2.05) is 4.45 Å². The second-order valence-electron chi connectivity index (χ2n) is 4.49. The Morgan fingerprint density at radius 1 is 1.61 bits per heavy atom. The molecule has 2 rings (SSSR count).